The quantitative estimate of drug-likeness (QED) is 0.837. The third-order valence-electron chi connectivity index (χ3n) is 4.33. The van der Waals surface area contributed by atoms with Crippen molar-refractivity contribution in [1.29, 1.82) is 0 Å². The number of aliphatic hydroxyl groups excluding tert-OH is 1. The number of rotatable bonds is 7. The van der Waals surface area contributed by atoms with Gasteiger partial charge in [-0.25, -0.2) is 4.98 Å². The normalized spacial score (nSPS) is 11.6. The van der Waals surface area contributed by atoms with Gasteiger partial charge in [0.05, 0.1) is 23.9 Å². The van der Waals surface area contributed by atoms with Crippen LogP contribution in [0.3, 0.4) is 0 Å². The second kappa shape index (κ2) is 7.97. The Kier molecular flexibility index (Phi) is 6.84. The number of halogens is 1. The van der Waals surface area contributed by atoms with E-state index in [2.05, 4.69) is 49.3 Å². The van der Waals surface area contributed by atoms with Crippen molar-refractivity contribution in [2.45, 2.75) is 60.5 Å². The summed E-state index contributed by atoms with van der Waals surface area (Å²) in [7, 11) is 0. The number of aliphatic hydroxyl groups is 1. The molecule has 130 valence electrons. The molecule has 0 amide bonds. The summed E-state index contributed by atoms with van der Waals surface area (Å²) in [4.78, 5) is 4.33. The monoisotopic (exact) mass is 340 g/mol. The summed E-state index contributed by atoms with van der Waals surface area (Å²) in [5.41, 5.74) is 4.56. The van der Waals surface area contributed by atoms with Crippen molar-refractivity contribution in [1.82, 2.24) is 19.3 Å². The lowest BCUT2D eigenvalue weighted by molar-refractivity contribution is 0.146. The van der Waals surface area contributed by atoms with Gasteiger partial charge in [-0.05, 0) is 39.0 Å². The fourth-order valence-electron chi connectivity index (χ4n) is 2.89. The van der Waals surface area contributed by atoms with Crippen LogP contribution in [-0.2, 0) is 13.1 Å². The third-order valence-corrected chi connectivity index (χ3v) is 4.33. The van der Waals surface area contributed by atoms with Crippen molar-refractivity contribution < 1.29 is 5.11 Å². The number of aromatic nitrogens is 4. The Balaban J connectivity index is 0.00000264. The molecule has 2 aromatic rings. The van der Waals surface area contributed by atoms with Crippen molar-refractivity contribution in [3.8, 4) is 11.3 Å². The smallest absolute Gasteiger partial charge is 0.0950 e. The Morgan fingerprint density at radius 1 is 1.26 bits per heavy atom. The zero-order valence-corrected chi connectivity index (χ0v) is 15.7. The Morgan fingerprint density at radius 2 is 1.96 bits per heavy atom. The lowest BCUT2D eigenvalue weighted by atomic mass is 9.89. The molecule has 0 unspecified atom stereocenters. The molecule has 0 aromatic carbocycles. The lowest BCUT2D eigenvalue weighted by Gasteiger charge is -2.21. The summed E-state index contributed by atoms with van der Waals surface area (Å²) in [5.74, 6) is 0. The van der Waals surface area contributed by atoms with E-state index in [1.165, 1.54) is 11.3 Å². The molecule has 0 aliphatic rings. The van der Waals surface area contributed by atoms with E-state index < -0.39 is 0 Å². The summed E-state index contributed by atoms with van der Waals surface area (Å²) >= 11 is 0. The lowest BCUT2D eigenvalue weighted by Crippen LogP contribution is -2.17. The minimum absolute atomic E-state index is 0. The van der Waals surface area contributed by atoms with E-state index in [-0.39, 0.29) is 24.4 Å². The molecule has 2 rings (SSSR count). The maximum atomic E-state index is 9.36. The first-order chi connectivity index (χ1) is 10.4. The molecule has 2 aromatic heterocycles. The van der Waals surface area contributed by atoms with Gasteiger partial charge in [0.15, 0.2) is 0 Å². The molecule has 0 fully saturated rings. The molecule has 0 aliphatic carbocycles. The maximum absolute atomic E-state index is 9.36. The van der Waals surface area contributed by atoms with Gasteiger partial charge in [-0.3, -0.25) is 4.68 Å². The van der Waals surface area contributed by atoms with E-state index in [0.717, 1.165) is 37.3 Å². The summed E-state index contributed by atoms with van der Waals surface area (Å²) in [6.07, 6.45) is 5.84. The predicted molar refractivity (Wildman–Crippen MR) is 95.9 cm³/mol. The van der Waals surface area contributed by atoms with Crippen LogP contribution in [0, 0.1) is 19.3 Å². The van der Waals surface area contributed by atoms with E-state index >= 15 is 0 Å². The number of hydrogen-bond acceptors (Lipinski definition) is 3. The van der Waals surface area contributed by atoms with Crippen molar-refractivity contribution in [2.24, 2.45) is 5.41 Å². The van der Waals surface area contributed by atoms with Crippen molar-refractivity contribution in [2.75, 3.05) is 6.61 Å². The standard InChI is InChI=1S/C17H28N4O.ClH/c1-6-21-14(3)16(13(2)19-21)15-10-18-12-20(15)9-7-8-17(4,5)11-22;/h10,12,22H,6-9,11H2,1-5H3;1H. The second-order valence-corrected chi connectivity index (χ2v) is 6.76. The highest BCUT2D eigenvalue weighted by Gasteiger charge is 2.18. The Hall–Kier alpha value is -1.33. The van der Waals surface area contributed by atoms with Gasteiger partial charge in [0.2, 0.25) is 0 Å². The van der Waals surface area contributed by atoms with Gasteiger partial charge in [-0.1, -0.05) is 13.8 Å². The van der Waals surface area contributed by atoms with E-state index in [0.29, 0.717) is 0 Å². The topological polar surface area (TPSA) is 55.9 Å². The molecule has 0 aliphatic heterocycles. The SMILES string of the molecule is CCn1nc(C)c(-c2cncn2CCCC(C)(C)CO)c1C.Cl. The van der Waals surface area contributed by atoms with Crippen LogP contribution < -0.4 is 0 Å². The average Bonchev–Trinajstić information content (AvgIpc) is 3.03. The van der Waals surface area contributed by atoms with Crippen LogP contribution in [0.25, 0.3) is 11.3 Å². The summed E-state index contributed by atoms with van der Waals surface area (Å²) in [5, 5.41) is 14.0. The van der Waals surface area contributed by atoms with E-state index in [1.54, 1.807) is 0 Å². The molecular weight excluding hydrogens is 312 g/mol. The maximum Gasteiger partial charge on any atom is 0.0950 e. The first kappa shape index (κ1) is 19.7. The highest BCUT2D eigenvalue weighted by molar-refractivity contribution is 5.85. The summed E-state index contributed by atoms with van der Waals surface area (Å²) < 4.78 is 4.24. The minimum atomic E-state index is -0.0142. The molecule has 0 saturated carbocycles. The van der Waals surface area contributed by atoms with Crippen molar-refractivity contribution in [3.63, 3.8) is 0 Å². The van der Waals surface area contributed by atoms with Crippen LogP contribution in [0.4, 0.5) is 0 Å². The van der Waals surface area contributed by atoms with Crippen LogP contribution in [-0.4, -0.2) is 31.0 Å². The van der Waals surface area contributed by atoms with Gasteiger partial charge in [0, 0.05) is 31.0 Å². The zero-order chi connectivity index (χ0) is 16.3. The number of hydrogen-bond donors (Lipinski definition) is 1. The average molecular weight is 341 g/mol. The number of aryl methyl sites for hydroxylation is 3. The predicted octanol–water partition coefficient (Wildman–Crippen LogP) is 3.60. The molecule has 0 bridgehead atoms. The van der Waals surface area contributed by atoms with E-state index in [4.69, 9.17) is 0 Å². The van der Waals surface area contributed by atoms with Crippen LogP contribution in [0.5, 0.6) is 0 Å². The zero-order valence-electron chi connectivity index (χ0n) is 14.8. The Bertz CT molecular complexity index is 631. The molecule has 0 radical (unpaired) electrons. The molecule has 2 heterocycles. The fraction of sp³-hybridized carbons (Fsp3) is 0.647. The van der Waals surface area contributed by atoms with Crippen LogP contribution in [0.2, 0.25) is 0 Å². The molecule has 0 spiro atoms. The Morgan fingerprint density at radius 3 is 2.52 bits per heavy atom. The minimum Gasteiger partial charge on any atom is -0.396 e. The number of nitrogens with zero attached hydrogens (tertiary/aromatic N) is 4. The van der Waals surface area contributed by atoms with Gasteiger partial charge >= 0.3 is 0 Å². The van der Waals surface area contributed by atoms with E-state index in [1.807, 2.05) is 17.2 Å². The summed E-state index contributed by atoms with van der Waals surface area (Å²) in [6.45, 7) is 12.5. The summed E-state index contributed by atoms with van der Waals surface area (Å²) in [6, 6.07) is 0. The molecular formula is C17H29ClN4O. The first-order valence-electron chi connectivity index (χ1n) is 8.05. The molecule has 5 nitrogen and oxygen atoms in total. The van der Waals surface area contributed by atoms with Gasteiger partial charge in [-0.15, -0.1) is 12.4 Å². The van der Waals surface area contributed by atoms with Crippen molar-refractivity contribution >= 4 is 12.4 Å². The van der Waals surface area contributed by atoms with Crippen molar-refractivity contribution in [3.05, 3.63) is 23.9 Å². The molecule has 0 atom stereocenters. The highest BCUT2D eigenvalue weighted by atomic mass is 35.5. The van der Waals surface area contributed by atoms with Gasteiger partial charge in [0.1, 0.15) is 0 Å². The largest absolute Gasteiger partial charge is 0.396 e. The third kappa shape index (κ3) is 4.36. The van der Waals surface area contributed by atoms with E-state index in [9.17, 15) is 5.11 Å². The van der Waals surface area contributed by atoms with Crippen LogP contribution >= 0.6 is 12.4 Å². The first-order valence-corrected chi connectivity index (χ1v) is 8.05. The van der Waals surface area contributed by atoms with Crippen LogP contribution in [0.15, 0.2) is 12.5 Å². The molecule has 23 heavy (non-hydrogen) atoms. The van der Waals surface area contributed by atoms with Crippen LogP contribution in [0.1, 0.15) is 45.0 Å². The molecule has 0 saturated heterocycles. The van der Waals surface area contributed by atoms with Gasteiger partial charge in [-0.2, -0.15) is 5.10 Å². The molecule has 6 heteroatoms. The second-order valence-electron chi connectivity index (χ2n) is 6.76. The van der Waals surface area contributed by atoms with Gasteiger partial charge in [0.25, 0.3) is 0 Å². The molecule has 1 N–H and O–H groups in total. The van der Waals surface area contributed by atoms with Gasteiger partial charge < -0.3 is 9.67 Å². The highest BCUT2D eigenvalue weighted by Crippen LogP contribution is 2.28. The Labute approximate surface area is 145 Å². The number of imidazole rings is 1. The fourth-order valence-corrected chi connectivity index (χ4v) is 2.89.